The molecule has 1 heterocycles. The molecule has 0 aliphatic carbocycles. The van der Waals surface area contributed by atoms with Crippen LogP contribution < -0.4 is 15.4 Å². The number of anilines is 1. The zero-order valence-corrected chi connectivity index (χ0v) is 15.9. The lowest BCUT2D eigenvalue weighted by Crippen LogP contribution is -2.23. The summed E-state index contributed by atoms with van der Waals surface area (Å²) in [5, 5.41) is 5.97. The van der Waals surface area contributed by atoms with Crippen LogP contribution in [0.4, 0.5) is 5.69 Å². The molecule has 0 spiro atoms. The number of carbonyl (C=O) groups excluding carboxylic acids is 2. The summed E-state index contributed by atoms with van der Waals surface area (Å²) in [5.74, 6) is -0.0866. The van der Waals surface area contributed by atoms with E-state index in [0.29, 0.717) is 34.1 Å². The predicted octanol–water partition coefficient (Wildman–Crippen LogP) is 3.93. The molecule has 0 unspecified atom stereocenters. The van der Waals surface area contributed by atoms with Crippen molar-refractivity contribution in [3.8, 4) is 5.75 Å². The minimum absolute atomic E-state index is 0.265. The van der Waals surface area contributed by atoms with Crippen molar-refractivity contribution in [2.24, 2.45) is 0 Å². The normalized spacial score (nSPS) is 10.2. The third kappa shape index (κ3) is 4.86. The van der Waals surface area contributed by atoms with Gasteiger partial charge in [0.25, 0.3) is 11.8 Å². The quantitative estimate of drug-likeness (QED) is 0.662. The van der Waals surface area contributed by atoms with Crippen LogP contribution in [0.1, 0.15) is 26.3 Å². The summed E-state index contributed by atoms with van der Waals surface area (Å²) in [6.45, 7) is 0.377. The Kier molecular flexibility index (Phi) is 6.24. The van der Waals surface area contributed by atoms with Crippen molar-refractivity contribution in [1.29, 1.82) is 0 Å². The number of halogens is 1. The van der Waals surface area contributed by atoms with E-state index in [1.165, 1.54) is 7.11 Å². The van der Waals surface area contributed by atoms with Gasteiger partial charge in [0.2, 0.25) is 0 Å². The van der Waals surface area contributed by atoms with Crippen molar-refractivity contribution in [3.63, 3.8) is 0 Å². The number of amides is 2. The maximum absolute atomic E-state index is 12.5. The first-order chi connectivity index (χ1) is 13.6. The van der Waals surface area contributed by atoms with Gasteiger partial charge in [-0.15, -0.1) is 0 Å². The van der Waals surface area contributed by atoms with Gasteiger partial charge in [0.05, 0.1) is 12.1 Å². The maximum atomic E-state index is 12.5. The van der Waals surface area contributed by atoms with Gasteiger partial charge in [-0.2, -0.15) is 0 Å². The highest BCUT2D eigenvalue weighted by atomic mass is 35.5. The molecule has 2 aromatic carbocycles. The number of nitrogens with one attached hydrogen (secondary N) is 2. The van der Waals surface area contributed by atoms with E-state index in [9.17, 15) is 9.59 Å². The number of pyridine rings is 1. The van der Waals surface area contributed by atoms with Crippen molar-refractivity contribution in [1.82, 2.24) is 10.3 Å². The Morgan fingerprint density at radius 3 is 2.39 bits per heavy atom. The van der Waals surface area contributed by atoms with E-state index in [1.807, 2.05) is 12.1 Å². The molecule has 0 saturated carbocycles. The lowest BCUT2D eigenvalue weighted by molar-refractivity contribution is 0.0951. The van der Waals surface area contributed by atoms with Gasteiger partial charge in [-0.05, 0) is 54.1 Å². The molecule has 2 N–H and O–H groups in total. The van der Waals surface area contributed by atoms with E-state index >= 15 is 0 Å². The number of ether oxygens (including phenoxy) is 1. The van der Waals surface area contributed by atoms with Gasteiger partial charge in [0.1, 0.15) is 5.75 Å². The first-order valence-electron chi connectivity index (χ1n) is 8.49. The minimum atomic E-state index is -0.343. The zero-order chi connectivity index (χ0) is 19.9. The van der Waals surface area contributed by atoms with Crippen LogP contribution >= 0.6 is 11.6 Å². The second-order valence-corrected chi connectivity index (χ2v) is 6.33. The molecule has 0 saturated heterocycles. The molecule has 0 aliphatic rings. The second-order valence-electron chi connectivity index (χ2n) is 5.92. The van der Waals surface area contributed by atoms with E-state index in [4.69, 9.17) is 16.3 Å². The van der Waals surface area contributed by atoms with Crippen LogP contribution in [0, 0.1) is 0 Å². The summed E-state index contributed by atoms with van der Waals surface area (Å²) in [7, 11) is 1.52. The van der Waals surface area contributed by atoms with Crippen LogP contribution in [0.2, 0.25) is 5.02 Å². The Morgan fingerprint density at radius 1 is 1.00 bits per heavy atom. The molecule has 0 aliphatic heterocycles. The largest absolute Gasteiger partial charge is 0.495 e. The molecule has 0 atom stereocenters. The molecule has 2 amide bonds. The topological polar surface area (TPSA) is 80.3 Å². The molecule has 0 fully saturated rings. The molecule has 0 bridgehead atoms. The number of benzene rings is 2. The van der Waals surface area contributed by atoms with Gasteiger partial charge < -0.3 is 15.4 Å². The van der Waals surface area contributed by atoms with Gasteiger partial charge in [0.15, 0.2) is 0 Å². The number of rotatable bonds is 6. The number of hydrogen-bond acceptors (Lipinski definition) is 4. The molecular weight excluding hydrogens is 378 g/mol. The van der Waals surface area contributed by atoms with E-state index in [0.717, 1.165) is 5.56 Å². The van der Waals surface area contributed by atoms with E-state index in [2.05, 4.69) is 15.6 Å². The fraction of sp³-hybridized carbons (Fsp3) is 0.0952. The maximum Gasteiger partial charge on any atom is 0.255 e. The number of methoxy groups -OCH3 is 1. The average Bonchev–Trinajstić information content (AvgIpc) is 2.73. The zero-order valence-electron chi connectivity index (χ0n) is 15.1. The fourth-order valence-corrected chi connectivity index (χ4v) is 2.79. The van der Waals surface area contributed by atoms with Crippen molar-refractivity contribution in [2.45, 2.75) is 6.54 Å². The first-order valence-corrected chi connectivity index (χ1v) is 8.86. The van der Waals surface area contributed by atoms with Crippen LogP contribution in [0.5, 0.6) is 5.75 Å². The Labute approximate surface area is 167 Å². The molecule has 28 heavy (non-hydrogen) atoms. The van der Waals surface area contributed by atoms with E-state index in [1.54, 1.807) is 54.9 Å². The van der Waals surface area contributed by atoms with E-state index < -0.39 is 0 Å². The monoisotopic (exact) mass is 395 g/mol. The van der Waals surface area contributed by atoms with Crippen molar-refractivity contribution in [3.05, 3.63) is 88.7 Å². The number of carbonyl (C=O) groups is 2. The molecular formula is C21H18ClN3O3. The highest BCUT2D eigenvalue weighted by Gasteiger charge is 2.12. The summed E-state index contributed by atoms with van der Waals surface area (Å²) in [6.07, 6.45) is 3.33. The van der Waals surface area contributed by atoms with Crippen molar-refractivity contribution in [2.75, 3.05) is 12.4 Å². The third-order valence-electron chi connectivity index (χ3n) is 4.00. The van der Waals surface area contributed by atoms with Crippen LogP contribution in [0.3, 0.4) is 0 Å². The molecule has 142 valence electrons. The lowest BCUT2D eigenvalue weighted by Gasteiger charge is -2.09. The molecule has 6 nitrogen and oxygen atoms in total. The van der Waals surface area contributed by atoms with Gasteiger partial charge in [-0.3, -0.25) is 14.6 Å². The number of aromatic nitrogens is 1. The summed E-state index contributed by atoms with van der Waals surface area (Å²) in [5.41, 5.74) is 2.23. The van der Waals surface area contributed by atoms with Gasteiger partial charge >= 0.3 is 0 Å². The van der Waals surface area contributed by atoms with Crippen molar-refractivity contribution >= 4 is 29.1 Å². The summed E-state index contributed by atoms with van der Waals surface area (Å²) < 4.78 is 5.09. The Morgan fingerprint density at radius 2 is 1.71 bits per heavy atom. The SMILES string of the molecule is COc1ccc(NC(=O)c2cccc(C(=O)NCc3ccncc3)c2)cc1Cl. The molecule has 3 aromatic rings. The highest BCUT2D eigenvalue weighted by molar-refractivity contribution is 6.32. The number of hydrogen-bond donors (Lipinski definition) is 2. The van der Waals surface area contributed by atoms with Crippen LogP contribution in [0.15, 0.2) is 67.0 Å². The second kappa shape index (κ2) is 9.01. The minimum Gasteiger partial charge on any atom is -0.495 e. The molecule has 1 aromatic heterocycles. The van der Waals surface area contributed by atoms with Crippen LogP contribution in [-0.2, 0) is 6.54 Å². The summed E-state index contributed by atoms with van der Waals surface area (Å²) >= 11 is 6.08. The Hall–Kier alpha value is -3.38. The van der Waals surface area contributed by atoms with Crippen LogP contribution in [0.25, 0.3) is 0 Å². The molecule has 7 heteroatoms. The predicted molar refractivity (Wildman–Crippen MR) is 108 cm³/mol. The molecule has 3 rings (SSSR count). The number of nitrogens with zero attached hydrogens (tertiary/aromatic N) is 1. The Bertz CT molecular complexity index is 993. The summed E-state index contributed by atoms with van der Waals surface area (Å²) in [4.78, 5) is 28.8. The third-order valence-corrected chi connectivity index (χ3v) is 4.29. The van der Waals surface area contributed by atoms with Gasteiger partial charge in [-0.1, -0.05) is 17.7 Å². The molecule has 0 radical (unpaired) electrons. The highest BCUT2D eigenvalue weighted by Crippen LogP contribution is 2.27. The lowest BCUT2D eigenvalue weighted by atomic mass is 10.1. The van der Waals surface area contributed by atoms with Gasteiger partial charge in [0, 0.05) is 35.8 Å². The Balaban J connectivity index is 1.67. The smallest absolute Gasteiger partial charge is 0.255 e. The van der Waals surface area contributed by atoms with E-state index in [-0.39, 0.29) is 11.8 Å². The first kappa shape index (κ1) is 19.4. The fourth-order valence-electron chi connectivity index (χ4n) is 2.53. The summed E-state index contributed by atoms with van der Waals surface area (Å²) in [6, 6.07) is 15.1. The standard InChI is InChI=1S/C21H18ClN3O3/c1-28-19-6-5-17(12-18(19)22)25-21(27)16-4-2-3-15(11-16)20(26)24-13-14-7-9-23-10-8-14/h2-12H,13H2,1H3,(H,24,26)(H,25,27). The van der Waals surface area contributed by atoms with Gasteiger partial charge in [-0.25, -0.2) is 0 Å². The van der Waals surface area contributed by atoms with Crippen molar-refractivity contribution < 1.29 is 14.3 Å². The average molecular weight is 396 g/mol. The van der Waals surface area contributed by atoms with Crippen LogP contribution in [-0.4, -0.2) is 23.9 Å².